The summed E-state index contributed by atoms with van der Waals surface area (Å²) in [4.78, 5) is 0. The maximum Gasteiger partial charge on any atom is 0.0784 e. The first-order chi connectivity index (χ1) is 5.77. The molecule has 0 saturated carbocycles. The molecule has 13 heavy (non-hydrogen) atoms. The second kappa shape index (κ2) is 7.13. The minimum absolute atomic E-state index is 0. The van der Waals surface area contributed by atoms with Crippen LogP contribution in [0.5, 0.6) is 0 Å². The number of piperidine rings is 1. The molecule has 0 atom stereocenters. The van der Waals surface area contributed by atoms with Gasteiger partial charge >= 0.3 is 0 Å². The van der Waals surface area contributed by atoms with Gasteiger partial charge in [0.15, 0.2) is 0 Å². The van der Waals surface area contributed by atoms with Gasteiger partial charge in [-0.2, -0.15) is 12.6 Å². The van der Waals surface area contributed by atoms with Crippen molar-refractivity contribution in [2.24, 2.45) is 0 Å². The number of hydrogen-bond donors (Lipinski definition) is 1. The fourth-order valence-electron chi connectivity index (χ4n) is 2.10. The summed E-state index contributed by atoms with van der Waals surface area (Å²) in [5.74, 6) is 1.06. The molecule has 0 amide bonds. The second-order valence-corrected chi connectivity index (χ2v) is 4.73. The van der Waals surface area contributed by atoms with Gasteiger partial charge in [-0.15, -0.1) is 0 Å². The van der Waals surface area contributed by atoms with E-state index in [0.717, 1.165) is 5.75 Å². The van der Waals surface area contributed by atoms with E-state index in [4.69, 9.17) is 0 Å². The number of nitrogens with zero attached hydrogens (tertiary/aromatic N) is 1. The van der Waals surface area contributed by atoms with Crippen molar-refractivity contribution in [3.8, 4) is 0 Å². The van der Waals surface area contributed by atoms with Crippen molar-refractivity contribution in [3.63, 3.8) is 0 Å². The van der Waals surface area contributed by atoms with Crippen LogP contribution in [0.2, 0.25) is 0 Å². The Kier molecular flexibility index (Phi) is 7.56. The monoisotopic (exact) mass is 267 g/mol. The van der Waals surface area contributed by atoms with Gasteiger partial charge in [-0.1, -0.05) is 0 Å². The smallest absolute Gasteiger partial charge is 0.0784 e. The summed E-state index contributed by atoms with van der Waals surface area (Å²) < 4.78 is 1.33. The molecule has 0 aromatic carbocycles. The lowest BCUT2D eigenvalue weighted by Gasteiger charge is -2.37. The Balaban J connectivity index is 0.00000144. The molecule has 80 valence electrons. The van der Waals surface area contributed by atoms with E-state index in [1.165, 1.54) is 56.2 Å². The average molecular weight is 268 g/mol. The maximum atomic E-state index is 4.24. The van der Waals surface area contributed by atoms with E-state index in [1.807, 2.05) is 0 Å². The van der Waals surface area contributed by atoms with Crippen molar-refractivity contribution in [2.45, 2.75) is 32.1 Å². The van der Waals surface area contributed by atoms with Gasteiger partial charge in [0.1, 0.15) is 0 Å². The van der Waals surface area contributed by atoms with Gasteiger partial charge in [0.25, 0.3) is 0 Å². The van der Waals surface area contributed by atoms with Crippen molar-refractivity contribution in [3.05, 3.63) is 0 Å². The molecule has 0 aliphatic carbocycles. The van der Waals surface area contributed by atoms with Crippen LogP contribution in [0.15, 0.2) is 0 Å². The number of halogens is 1. The van der Waals surface area contributed by atoms with Gasteiger partial charge < -0.3 is 21.5 Å². The fraction of sp³-hybridized carbons (Fsp3) is 1.00. The van der Waals surface area contributed by atoms with Gasteiger partial charge in [-0.3, -0.25) is 0 Å². The summed E-state index contributed by atoms with van der Waals surface area (Å²) in [5.41, 5.74) is 0. The Hall–Kier alpha value is 0.790. The third kappa shape index (κ3) is 5.28. The van der Waals surface area contributed by atoms with Crippen LogP contribution in [0, 0.1) is 0 Å². The predicted molar refractivity (Wildman–Crippen MR) is 57.7 cm³/mol. The summed E-state index contributed by atoms with van der Waals surface area (Å²) in [6.45, 7) is 4.19. The molecular formula is C10H22BrNS. The first-order valence-corrected chi connectivity index (χ1v) is 5.84. The van der Waals surface area contributed by atoms with Crippen LogP contribution in [0.1, 0.15) is 32.1 Å². The SMILES string of the molecule is C[N+]1(CCCCS)CCCCC1.[Br-]. The number of unbranched alkanes of at least 4 members (excludes halogenated alkanes) is 1. The van der Waals surface area contributed by atoms with Crippen molar-refractivity contribution < 1.29 is 21.5 Å². The van der Waals surface area contributed by atoms with Crippen molar-refractivity contribution >= 4 is 12.6 Å². The predicted octanol–water partition coefficient (Wildman–Crippen LogP) is -0.669. The molecule has 1 heterocycles. The molecule has 0 unspecified atom stereocenters. The summed E-state index contributed by atoms with van der Waals surface area (Å²) in [6, 6.07) is 0. The highest BCUT2D eigenvalue weighted by atomic mass is 79.9. The van der Waals surface area contributed by atoms with Crippen molar-refractivity contribution in [2.75, 3.05) is 32.4 Å². The van der Waals surface area contributed by atoms with E-state index in [-0.39, 0.29) is 17.0 Å². The van der Waals surface area contributed by atoms with Crippen LogP contribution in [-0.2, 0) is 0 Å². The molecule has 0 radical (unpaired) electrons. The molecule has 1 fully saturated rings. The number of rotatable bonds is 4. The zero-order valence-electron chi connectivity index (χ0n) is 8.64. The highest BCUT2D eigenvalue weighted by molar-refractivity contribution is 7.80. The summed E-state index contributed by atoms with van der Waals surface area (Å²) in [7, 11) is 2.41. The molecule has 1 rings (SSSR count). The third-order valence-corrected chi connectivity index (χ3v) is 3.32. The van der Waals surface area contributed by atoms with E-state index in [0.29, 0.717) is 0 Å². The fourth-order valence-corrected chi connectivity index (χ4v) is 2.33. The number of hydrogen-bond acceptors (Lipinski definition) is 1. The number of likely N-dealkylation sites (tertiary alicyclic amines) is 1. The molecule has 1 saturated heterocycles. The molecule has 0 N–H and O–H groups in total. The summed E-state index contributed by atoms with van der Waals surface area (Å²) in [6.07, 6.45) is 6.99. The lowest BCUT2D eigenvalue weighted by atomic mass is 10.1. The average Bonchev–Trinajstić information content (AvgIpc) is 2.06. The molecule has 0 spiro atoms. The van der Waals surface area contributed by atoms with Crippen LogP contribution in [0.3, 0.4) is 0 Å². The zero-order chi connectivity index (χ0) is 8.86. The lowest BCUT2D eigenvalue weighted by Crippen LogP contribution is -3.00. The number of quaternary nitrogens is 1. The molecule has 3 heteroatoms. The first-order valence-electron chi connectivity index (χ1n) is 5.21. The van der Waals surface area contributed by atoms with E-state index in [2.05, 4.69) is 19.7 Å². The first kappa shape index (κ1) is 13.8. The minimum Gasteiger partial charge on any atom is -1.00 e. The van der Waals surface area contributed by atoms with Crippen LogP contribution >= 0.6 is 12.6 Å². The maximum absolute atomic E-state index is 4.24. The second-order valence-electron chi connectivity index (χ2n) is 4.28. The Labute approximate surface area is 98.7 Å². The van der Waals surface area contributed by atoms with E-state index in [1.54, 1.807) is 0 Å². The Morgan fingerprint density at radius 3 is 2.23 bits per heavy atom. The normalized spacial score (nSPS) is 20.8. The summed E-state index contributed by atoms with van der Waals surface area (Å²) >= 11 is 4.24. The molecule has 0 aromatic rings. The van der Waals surface area contributed by atoms with E-state index < -0.39 is 0 Å². The number of thiol groups is 1. The minimum atomic E-state index is 0. The van der Waals surface area contributed by atoms with Crippen molar-refractivity contribution in [1.29, 1.82) is 0 Å². The standard InChI is InChI=1S/C10H21NS.BrH/c1-11(9-5-6-10-12)7-3-2-4-8-11;/h2-10H2,1H3;1H. The molecule has 1 nitrogen and oxygen atoms in total. The van der Waals surface area contributed by atoms with Crippen molar-refractivity contribution in [1.82, 2.24) is 0 Å². The van der Waals surface area contributed by atoms with Crippen LogP contribution in [0.25, 0.3) is 0 Å². The molecule has 1 aliphatic rings. The van der Waals surface area contributed by atoms with Crippen LogP contribution in [0.4, 0.5) is 0 Å². The Morgan fingerprint density at radius 2 is 1.69 bits per heavy atom. The molecule has 0 bridgehead atoms. The molecular weight excluding hydrogens is 246 g/mol. The quantitative estimate of drug-likeness (QED) is 0.390. The van der Waals surface area contributed by atoms with E-state index >= 15 is 0 Å². The van der Waals surface area contributed by atoms with Crippen LogP contribution in [-0.4, -0.2) is 36.9 Å². The molecule has 0 aromatic heterocycles. The van der Waals surface area contributed by atoms with Gasteiger partial charge in [0.2, 0.25) is 0 Å². The Morgan fingerprint density at radius 1 is 1.08 bits per heavy atom. The van der Waals surface area contributed by atoms with Gasteiger partial charge in [0.05, 0.1) is 26.7 Å². The van der Waals surface area contributed by atoms with Gasteiger partial charge in [-0.25, -0.2) is 0 Å². The van der Waals surface area contributed by atoms with Gasteiger partial charge in [0, 0.05) is 0 Å². The lowest BCUT2D eigenvalue weighted by molar-refractivity contribution is -0.914. The summed E-state index contributed by atoms with van der Waals surface area (Å²) in [5, 5.41) is 0. The third-order valence-electron chi connectivity index (χ3n) is 3.00. The van der Waals surface area contributed by atoms with Gasteiger partial charge in [-0.05, 0) is 37.9 Å². The van der Waals surface area contributed by atoms with Crippen LogP contribution < -0.4 is 17.0 Å². The van der Waals surface area contributed by atoms with E-state index in [9.17, 15) is 0 Å². The highest BCUT2D eigenvalue weighted by Gasteiger charge is 2.23. The Bertz CT molecular complexity index is 124. The zero-order valence-corrected chi connectivity index (χ0v) is 11.1. The molecule has 1 aliphatic heterocycles. The largest absolute Gasteiger partial charge is 1.00 e. The topological polar surface area (TPSA) is 0 Å². The highest BCUT2D eigenvalue weighted by Crippen LogP contribution is 2.16.